The maximum atomic E-state index is 12.2. The van der Waals surface area contributed by atoms with Gasteiger partial charge in [0.1, 0.15) is 5.60 Å². The van der Waals surface area contributed by atoms with Crippen molar-refractivity contribution in [2.75, 3.05) is 19.6 Å². The van der Waals surface area contributed by atoms with Gasteiger partial charge in [-0.3, -0.25) is 4.90 Å². The number of hydrogen-bond acceptors (Lipinski definition) is 4. The number of rotatable bonds is 4. The first-order valence-corrected chi connectivity index (χ1v) is 9.73. The van der Waals surface area contributed by atoms with Gasteiger partial charge in [-0.2, -0.15) is 0 Å². The van der Waals surface area contributed by atoms with Gasteiger partial charge in [0.05, 0.1) is 6.10 Å². The summed E-state index contributed by atoms with van der Waals surface area (Å²) >= 11 is 0. The second-order valence-corrected chi connectivity index (χ2v) is 8.36. The van der Waals surface area contributed by atoms with Crippen LogP contribution in [0.1, 0.15) is 72.6 Å². The molecule has 0 bridgehead atoms. The van der Waals surface area contributed by atoms with E-state index in [0.29, 0.717) is 12.1 Å². The molecule has 2 atom stereocenters. The summed E-state index contributed by atoms with van der Waals surface area (Å²) in [6, 6.07) is 0.776. The Hall–Kier alpha value is -0.810. The third-order valence-corrected chi connectivity index (χ3v) is 5.19. The van der Waals surface area contributed by atoms with E-state index >= 15 is 0 Å². The van der Waals surface area contributed by atoms with E-state index in [-0.39, 0.29) is 12.2 Å². The number of likely N-dealkylation sites (tertiary alicyclic amines) is 1. The van der Waals surface area contributed by atoms with Gasteiger partial charge in [0.25, 0.3) is 0 Å². The number of piperidine rings is 1. The molecular weight excluding hydrogens is 304 g/mol. The number of aliphatic hydroxyl groups is 1. The molecule has 1 amide bonds. The normalized spacial score (nSPS) is 26.7. The molecule has 0 spiro atoms. The van der Waals surface area contributed by atoms with Gasteiger partial charge in [0.15, 0.2) is 0 Å². The molecule has 2 rings (SSSR count). The molecule has 0 aromatic heterocycles. The summed E-state index contributed by atoms with van der Waals surface area (Å²) in [5, 5.41) is 10.4. The second kappa shape index (κ2) is 8.52. The van der Waals surface area contributed by atoms with Crippen LogP contribution in [0.15, 0.2) is 0 Å². The fourth-order valence-electron chi connectivity index (χ4n) is 4.06. The molecule has 1 heterocycles. The average Bonchev–Trinajstić information content (AvgIpc) is 2.52. The Balaban J connectivity index is 1.91. The molecular formula is C19H36N2O3. The molecule has 0 aromatic rings. The lowest BCUT2D eigenvalue weighted by Gasteiger charge is -2.45. The molecule has 5 heteroatoms. The van der Waals surface area contributed by atoms with E-state index in [9.17, 15) is 9.90 Å². The summed E-state index contributed by atoms with van der Waals surface area (Å²) in [5.74, 6) is 0. The van der Waals surface area contributed by atoms with Gasteiger partial charge in [0.2, 0.25) is 0 Å². The van der Waals surface area contributed by atoms with Crippen LogP contribution in [0.25, 0.3) is 0 Å². The average molecular weight is 341 g/mol. The summed E-state index contributed by atoms with van der Waals surface area (Å²) in [4.78, 5) is 16.6. The molecule has 140 valence electrons. The Morgan fingerprint density at radius 3 is 2.33 bits per heavy atom. The molecule has 1 aliphatic carbocycles. The van der Waals surface area contributed by atoms with Crippen molar-refractivity contribution in [3.05, 3.63) is 0 Å². The van der Waals surface area contributed by atoms with Crippen molar-refractivity contribution in [2.24, 2.45) is 0 Å². The maximum absolute atomic E-state index is 12.2. The molecule has 0 unspecified atom stereocenters. The summed E-state index contributed by atoms with van der Waals surface area (Å²) in [7, 11) is 0. The molecule has 24 heavy (non-hydrogen) atoms. The van der Waals surface area contributed by atoms with Crippen LogP contribution in [0, 0.1) is 0 Å². The van der Waals surface area contributed by atoms with Crippen molar-refractivity contribution < 1.29 is 14.6 Å². The predicted octanol–water partition coefficient (Wildman–Crippen LogP) is 3.40. The molecule has 5 nitrogen and oxygen atoms in total. The van der Waals surface area contributed by atoms with Crippen LogP contribution in [-0.2, 0) is 4.74 Å². The van der Waals surface area contributed by atoms with Crippen LogP contribution < -0.4 is 0 Å². The lowest BCUT2D eigenvalue weighted by molar-refractivity contribution is -0.0224. The Morgan fingerprint density at radius 1 is 1.17 bits per heavy atom. The highest BCUT2D eigenvalue weighted by Gasteiger charge is 2.35. The number of nitrogens with zero attached hydrogens (tertiary/aromatic N) is 2. The van der Waals surface area contributed by atoms with E-state index in [1.165, 1.54) is 6.42 Å². The van der Waals surface area contributed by atoms with E-state index in [0.717, 1.165) is 58.2 Å². The molecule has 1 aliphatic heterocycles. The van der Waals surface area contributed by atoms with Gasteiger partial charge in [0, 0.05) is 25.2 Å². The molecule has 2 fully saturated rings. The highest BCUT2D eigenvalue weighted by molar-refractivity contribution is 5.68. The van der Waals surface area contributed by atoms with Crippen LogP contribution >= 0.6 is 0 Å². The first kappa shape index (κ1) is 19.5. The number of carbonyl (C=O) groups is 1. The first-order valence-electron chi connectivity index (χ1n) is 9.73. The van der Waals surface area contributed by atoms with Crippen molar-refractivity contribution >= 4 is 6.09 Å². The quantitative estimate of drug-likeness (QED) is 0.852. The third-order valence-electron chi connectivity index (χ3n) is 5.19. The molecule has 1 saturated heterocycles. The van der Waals surface area contributed by atoms with Gasteiger partial charge in [-0.25, -0.2) is 4.79 Å². The topological polar surface area (TPSA) is 53.0 Å². The third kappa shape index (κ3) is 5.35. The van der Waals surface area contributed by atoms with Gasteiger partial charge in [-0.1, -0.05) is 19.8 Å². The Labute approximate surface area is 147 Å². The minimum Gasteiger partial charge on any atom is -0.444 e. The Kier molecular flexibility index (Phi) is 6.93. The van der Waals surface area contributed by atoms with Crippen LogP contribution in [0.3, 0.4) is 0 Å². The van der Waals surface area contributed by atoms with E-state index in [2.05, 4.69) is 11.8 Å². The summed E-state index contributed by atoms with van der Waals surface area (Å²) in [5.41, 5.74) is -0.436. The van der Waals surface area contributed by atoms with Crippen molar-refractivity contribution in [3.63, 3.8) is 0 Å². The minimum atomic E-state index is -0.436. The van der Waals surface area contributed by atoms with E-state index in [4.69, 9.17) is 4.74 Å². The van der Waals surface area contributed by atoms with E-state index in [1.807, 2.05) is 25.7 Å². The summed E-state index contributed by atoms with van der Waals surface area (Å²) < 4.78 is 5.49. The first-order chi connectivity index (χ1) is 11.3. The van der Waals surface area contributed by atoms with E-state index < -0.39 is 5.60 Å². The zero-order valence-electron chi connectivity index (χ0n) is 16.0. The molecule has 1 N–H and O–H groups in total. The Morgan fingerprint density at radius 2 is 1.79 bits per heavy atom. The highest BCUT2D eigenvalue weighted by Crippen LogP contribution is 2.28. The Bertz CT molecular complexity index is 400. The van der Waals surface area contributed by atoms with Crippen molar-refractivity contribution in [3.8, 4) is 0 Å². The number of aliphatic hydroxyl groups excluding tert-OH is 1. The van der Waals surface area contributed by atoms with Crippen LogP contribution in [0.4, 0.5) is 4.79 Å². The fourth-order valence-corrected chi connectivity index (χ4v) is 4.06. The number of carbonyl (C=O) groups excluding carboxylic acids is 1. The molecule has 0 aromatic carbocycles. The van der Waals surface area contributed by atoms with Crippen LogP contribution in [-0.4, -0.2) is 64.4 Å². The van der Waals surface area contributed by atoms with Gasteiger partial charge in [-0.15, -0.1) is 0 Å². The van der Waals surface area contributed by atoms with Crippen molar-refractivity contribution in [2.45, 2.75) is 96.4 Å². The van der Waals surface area contributed by atoms with E-state index in [1.54, 1.807) is 0 Å². The van der Waals surface area contributed by atoms with Gasteiger partial charge < -0.3 is 14.7 Å². The number of amides is 1. The van der Waals surface area contributed by atoms with Crippen LogP contribution in [0.2, 0.25) is 0 Å². The second-order valence-electron chi connectivity index (χ2n) is 8.36. The monoisotopic (exact) mass is 340 g/mol. The fraction of sp³-hybridized carbons (Fsp3) is 0.947. The lowest BCUT2D eigenvalue weighted by Crippen LogP contribution is -2.54. The predicted molar refractivity (Wildman–Crippen MR) is 96.1 cm³/mol. The number of hydrogen-bond donors (Lipinski definition) is 1. The van der Waals surface area contributed by atoms with Gasteiger partial charge in [-0.05, 0) is 59.4 Å². The molecule has 1 saturated carbocycles. The smallest absolute Gasteiger partial charge is 0.410 e. The van der Waals surface area contributed by atoms with Gasteiger partial charge >= 0.3 is 6.09 Å². The molecule has 0 radical (unpaired) electrons. The number of ether oxygens (including phenoxy) is 1. The standard InChI is InChI=1S/C19H36N2O3/c1-5-12-21(16-8-6-7-9-17(16)22)15-10-13-20(14-11-15)18(23)24-19(2,3)4/h15-17,22H,5-14H2,1-4H3/t16-,17-/m0/s1. The highest BCUT2D eigenvalue weighted by atomic mass is 16.6. The maximum Gasteiger partial charge on any atom is 0.410 e. The zero-order valence-corrected chi connectivity index (χ0v) is 16.0. The largest absolute Gasteiger partial charge is 0.444 e. The summed E-state index contributed by atoms with van der Waals surface area (Å²) in [6.07, 6.45) is 7.08. The van der Waals surface area contributed by atoms with Crippen LogP contribution in [0.5, 0.6) is 0 Å². The summed E-state index contributed by atoms with van der Waals surface area (Å²) in [6.45, 7) is 10.5. The SMILES string of the molecule is CCCN(C1CCN(C(=O)OC(C)(C)C)CC1)[C@H]1CCCC[C@@H]1O. The lowest BCUT2D eigenvalue weighted by atomic mass is 9.89. The van der Waals surface area contributed by atoms with Crippen molar-refractivity contribution in [1.82, 2.24) is 9.80 Å². The zero-order chi connectivity index (χ0) is 17.7. The van der Waals surface area contributed by atoms with Crippen molar-refractivity contribution in [1.29, 1.82) is 0 Å². The minimum absolute atomic E-state index is 0.186. The molecule has 2 aliphatic rings.